The minimum atomic E-state index is 0.0178. The van der Waals surface area contributed by atoms with Gasteiger partial charge in [0.15, 0.2) is 0 Å². The van der Waals surface area contributed by atoms with Gasteiger partial charge in [-0.05, 0) is 48.9 Å². The first-order valence-corrected chi connectivity index (χ1v) is 8.07. The smallest absolute Gasteiger partial charge is 0.222 e. The lowest BCUT2D eigenvalue weighted by atomic mass is 10.2. The predicted molar refractivity (Wildman–Crippen MR) is 95.6 cm³/mol. The molecule has 24 heavy (non-hydrogen) atoms. The van der Waals surface area contributed by atoms with Crippen molar-refractivity contribution in [2.24, 2.45) is 0 Å². The van der Waals surface area contributed by atoms with E-state index >= 15 is 0 Å². The first-order chi connectivity index (χ1) is 11.7. The van der Waals surface area contributed by atoms with E-state index in [1.807, 2.05) is 55.5 Å². The number of amides is 1. The summed E-state index contributed by atoms with van der Waals surface area (Å²) in [5, 5.41) is 6.13. The van der Waals surface area contributed by atoms with Crippen molar-refractivity contribution in [2.75, 3.05) is 25.6 Å². The van der Waals surface area contributed by atoms with Crippen molar-refractivity contribution < 1.29 is 14.3 Å². The van der Waals surface area contributed by atoms with Crippen LogP contribution in [0.15, 0.2) is 48.5 Å². The molecule has 2 rings (SSSR count). The zero-order valence-electron chi connectivity index (χ0n) is 14.2. The highest BCUT2D eigenvalue weighted by Gasteiger charge is 2.02. The molecule has 0 bridgehead atoms. The fraction of sp³-hybridized carbons (Fsp3) is 0.316. The number of hydrogen-bond acceptors (Lipinski definition) is 4. The van der Waals surface area contributed by atoms with Gasteiger partial charge in [0.2, 0.25) is 5.91 Å². The Morgan fingerprint density at radius 1 is 1.00 bits per heavy atom. The summed E-state index contributed by atoms with van der Waals surface area (Å²) in [6.07, 6.45) is 0.420. The van der Waals surface area contributed by atoms with Gasteiger partial charge >= 0.3 is 0 Å². The minimum absolute atomic E-state index is 0.0178. The standard InChI is InChI=1S/C19H24N2O3/c1-3-24-18-10-6-16(7-11-18)20-13-12-19(22)21-14-15-4-8-17(23-2)9-5-15/h4-11,20H,3,12-14H2,1-2H3,(H,21,22). The van der Waals surface area contributed by atoms with Crippen molar-refractivity contribution in [1.82, 2.24) is 5.32 Å². The number of methoxy groups -OCH3 is 1. The molecule has 2 aromatic rings. The van der Waals surface area contributed by atoms with Crippen LogP contribution in [0.4, 0.5) is 5.69 Å². The highest BCUT2D eigenvalue weighted by atomic mass is 16.5. The number of carbonyl (C=O) groups excluding carboxylic acids is 1. The fourth-order valence-corrected chi connectivity index (χ4v) is 2.19. The summed E-state index contributed by atoms with van der Waals surface area (Å²) in [5.41, 5.74) is 2.02. The normalized spacial score (nSPS) is 10.1. The van der Waals surface area contributed by atoms with Gasteiger partial charge < -0.3 is 20.1 Å². The van der Waals surface area contributed by atoms with Crippen LogP contribution in [0.1, 0.15) is 18.9 Å². The van der Waals surface area contributed by atoms with Crippen molar-refractivity contribution in [2.45, 2.75) is 19.9 Å². The van der Waals surface area contributed by atoms with Crippen LogP contribution in [0.25, 0.3) is 0 Å². The monoisotopic (exact) mass is 328 g/mol. The molecule has 2 aromatic carbocycles. The lowest BCUT2D eigenvalue weighted by molar-refractivity contribution is -0.121. The number of rotatable bonds is 9. The number of benzene rings is 2. The molecule has 0 fully saturated rings. The second-order valence-corrected chi connectivity index (χ2v) is 5.26. The van der Waals surface area contributed by atoms with Crippen molar-refractivity contribution in [1.29, 1.82) is 0 Å². The molecule has 0 aliphatic carbocycles. The zero-order chi connectivity index (χ0) is 17.2. The number of ether oxygens (including phenoxy) is 2. The molecule has 0 unspecified atom stereocenters. The van der Waals surface area contributed by atoms with E-state index in [-0.39, 0.29) is 5.91 Å². The van der Waals surface area contributed by atoms with Crippen LogP contribution in [0, 0.1) is 0 Å². The molecule has 0 heterocycles. The SMILES string of the molecule is CCOc1ccc(NCCC(=O)NCc2ccc(OC)cc2)cc1. The Bertz CT molecular complexity index is 624. The molecule has 0 saturated heterocycles. The third-order valence-electron chi connectivity index (χ3n) is 3.50. The van der Waals surface area contributed by atoms with Gasteiger partial charge in [-0.15, -0.1) is 0 Å². The maximum atomic E-state index is 11.9. The molecule has 5 heteroatoms. The third-order valence-corrected chi connectivity index (χ3v) is 3.50. The molecule has 2 N–H and O–H groups in total. The van der Waals surface area contributed by atoms with Crippen molar-refractivity contribution in [3.05, 3.63) is 54.1 Å². The summed E-state index contributed by atoms with van der Waals surface area (Å²) < 4.78 is 10.5. The van der Waals surface area contributed by atoms with Crippen LogP contribution in [0.2, 0.25) is 0 Å². The summed E-state index contributed by atoms with van der Waals surface area (Å²) in [5.74, 6) is 1.68. The predicted octanol–water partition coefficient (Wildman–Crippen LogP) is 3.21. The second-order valence-electron chi connectivity index (χ2n) is 5.26. The molecule has 0 aliphatic heterocycles. The molecular weight excluding hydrogens is 304 g/mol. The van der Waals surface area contributed by atoms with Crippen LogP contribution < -0.4 is 20.1 Å². The van der Waals surface area contributed by atoms with E-state index in [1.165, 1.54) is 0 Å². The van der Waals surface area contributed by atoms with E-state index < -0.39 is 0 Å². The minimum Gasteiger partial charge on any atom is -0.497 e. The van der Waals surface area contributed by atoms with Crippen LogP contribution in [0.3, 0.4) is 0 Å². The Labute approximate surface area is 143 Å². The largest absolute Gasteiger partial charge is 0.497 e. The lowest BCUT2D eigenvalue weighted by Gasteiger charge is -2.09. The number of carbonyl (C=O) groups is 1. The Balaban J connectivity index is 1.67. The lowest BCUT2D eigenvalue weighted by Crippen LogP contribution is -2.24. The summed E-state index contributed by atoms with van der Waals surface area (Å²) in [6, 6.07) is 15.4. The summed E-state index contributed by atoms with van der Waals surface area (Å²) in [6.45, 7) is 3.71. The van der Waals surface area contributed by atoms with Crippen molar-refractivity contribution in [3.8, 4) is 11.5 Å². The maximum Gasteiger partial charge on any atom is 0.222 e. The Morgan fingerprint density at radius 3 is 2.29 bits per heavy atom. The number of anilines is 1. The van der Waals surface area contributed by atoms with Gasteiger partial charge in [0.25, 0.3) is 0 Å². The molecule has 0 aliphatic rings. The van der Waals surface area contributed by atoms with E-state index in [2.05, 4.69) is 10.6 Å². The molecule has 0 spiro atoms. The Kier molecular flexibility index (Phi) is 6.95. The van der Waals surface area contributed by atoms with E-state index in [4.69, 9.17) is 9.47 Å². The van der Waals surface area contributed by atoms with Crippen LogP contribution in [0.5, 0.6) is 11.5 Å². The average molecular weight is 328 g/mol. The van der Waals surface area contributed by atoms with Gasteiger partial charge in [0.05, 0.1) is 13.7 Å². The molecule has 0 saturated carbocycles. The van der Waals surface area contributed by atoms with Gasteiger partial charge in [0.1, 0.15) is 11.5 Å². The molecule has 5 nitrogen and oxygen atoms in total. The first kappa shape index (κ1) is 17.7. The first-order valence-electron chi connectivity index (χ1n) is 8.07. The Morgan fingerprint density at radius 2 is 1.67 bits per heavy atom. The van der Waals surface area contributed by atoms with E-state index in [1.54, 1.807) is 7.11 Å². The van der Waals surface area contributed by atoms with Gasteiger partial charge in [-0.25, -0.2) is 0 Å². The van der Waals surface area contributed by atoms with Gasteiger partial charge in [0, 0.05) is 25.2 Å². The van der Waals surface area contributed by atoms with Crippen LogP contribution in [-0.2, 0) is 11.3 Å². The van der Waals surface area contributed by atoms with Crippen molar-refractivity contribution in [3.63, 3.8) is 0 Å². The van der Waals surface area contributed by atoms with Gasteiger partial charge in [-0.1, -0.05) is 12.1 Å². The van der Waals surface area contributed by atoms with E-state index in [0.717, 1.165) is 22.7 Å². The zero-order valence-corrected chi connectivity index (χ0v) is 14.2. The van der Waals surface area contributed by atoms with Crippen LogP contribution in [-0.4, -0.2) is 26.2 Å². The second kappa shape index (κ2) is 9.45. The molecule has 0 aromatic heterocycles. The highest BCUT2D eigenvalue weighted by molar-refractivity contribution is 5.76. The quantitative estimate of drug-likeness (QED) is 0.742. The highest BCUT2D eigenvalue weighted by Crippen LogP contribution is 2.15. The summed E-state index contributed by atoms with van der Waals surface area (Å²) >= 11 is 0. The topological polar surface area (TPSA) is 59.6 Å². The third kappa shape index (κ3) is 5.83. The molecular formula is C19H24N2O3. The molecule has 1 amide bonds. The molecule has 128 valence electrons. The molecule has 0 atom stereocenters. The van der Waals surface area contributed by atoms with E-state index in [9.17, 15) is 4.79 Å². The summed E-state index contributed by atoms with van der Waals surface area (Å²) in [4.78, 5) is 11.9. The number of hydrogen-bond donors (Lipinski definition) is 2. The van der Waals surface area contributed by atoms with Gasteiger partial charge in [-0.3, -0.25) is 4.79 Å². The fourth-order valence-electron chi connectivity index (χ4n) is 2.19. The number of nitrogens with one attached hydrogen (secondary N) is 2. The molecule has 0 radical (unpaired) electrons. The Hall–Kier alpha value is -2.69. The van der Waals surface area contributed by atoms with Gasteiger partial charge in [-0.2, -0.15) is 0 Å². The maximum absolute atomic E-state index is 11.9. The summed E-state index contributed by atoms with van der Waals surface area (Å²) in [7, 11) is 1.63. The average Bonchev–Trinajstić information content (AvgIpc) is 2.62. The van der Waals surface area contributed by atoms with E-state index in [0.29, 0.717) is 26.1 Å². The van der Waals surface area contributed by atoms with Crippen LogP contribution >= 0.6 is 0 Å². The van der Waals surface area contributed by atoms with Crippen molar-refractivity contribution >= 4 is 11.6 Å².